The molecule has 0 N–H and O–H groups in total. The number of aromatic nitrogens is 1. The first-order chi connectivity index (χ1) is 6.74. The molecule has 1 aromatic carbocycles. The van der Waals surface area contributed by atoms with E-state index in [2.05, 4.69) is 6.07 Å². The maximum Gasteiger partial charge on any atom is 0.251 e. The van der Waals surface area contributed by atoms with E-state index in [1.807, 2.05) is 32.0 Å². The van der Waals surface area contributed by atoms with Gasteiger partial charge in [0.1, 0.15) is 0 Å². The molecule has 2 nitrogen and oxygen atoms in total. The van der Waals surface area contributed by atoms with Crippen LogP contribution in [0.4, 0.5) is 0 Å². The summed E-state index contributed by atoms with van der Waals surface area (Å²) >= 11 is 0. The summed E-state index contributed by atoms with van der Waals surface area (Å²) in [6.07, 6.45) is 0. The largest absolute Gasteiger partial charge is 0.309 e. The van der Waals surface area contributed by atoms with Gasteiger partial charge in [0.25, 0.3) is 5.56 Å². The number of rotatable bonds is 1. The third-order valence-electron chi connectivity index (χ3n) is 2.54. The van der Waals surface area contributed by atoms with Crippen molar-refractivity contribution < 1.29 is 0 Å². The van der Waals surface area contributed by atoms with Gasteiger partial charge in [0.15, 0.2) is 0 Å². The van der Waals surface area contributed by atoms with Gasteiger partial charge in [0.2, 0.25) is 0 Å². The summed E-state index contributed by atoms with van der Waals surface area (Å²) in [6, 6.07) is 9.71. The minimum Gasteiger partial charge on any atom is -0.309 e. The fraction of sp³-hybridized carbons (Fsp3) is 0.250. The number of benzene rings is 1. The Labute approximate surface area is 82.8 Å². The minimum absolute atomic E-state index is 0.0868. The molecule has 0 atom stereocenters. The standard InChI is InChI=1S/C12H13NO/c1-3-13-11-7-5-4-6-10(11)9(2)8-12(13)14/h4-8H,3H2,1-2H3. The molecule has 0 fully saturated rings. The first kappa shape index (κ1) is 9.00. The third-order valence-corrected chi connectivity index (χ3v) is 2.54. The number of pyridine rings is 1. The highest BCUT2D eigenvalue weighted by Gasteiger charge is 2.02. The Morgan fingerprint density at radius 3 is 2.71 bits per heavy atom. The summed E-state index contributed by atoms with van der Waals surface area (Å²) in [6.45, 7) is 4.69. The van der Waals surface area contributed by atoms with Gasteiger partial charge in [-0.1, -0.05) is 18.2 Å². The van der Waals surface area contributed by atoms with Crippen molar-refractivity contribution in [3.63, 3.8) is 0 Å². The molecule has 2 rings (SSSR count). The number of hydrogen-bond donors (Lipinski definition) is 0. The molecule has 2 aromatic rings. The molecule has 0 spiro atoms. The van der Waals surface area contributed by atoms with E-state index < -0.39 is 0 Å². The molecule has 1 aromatic heterocycles. The number of para-hydroxylation sites is 1. The predicted molar refractivity (Wildman–Crippen MR) is 58.6 cm³/mol. The van der Waals surface area contributed by atoms with Crippen molar-refractivity contribution in [2.24, 2.45) is 0 Å². The zero-order valence-electron chi connectivity index (χ0n) is 8.45. The molecular weight excluding hydrogens is 174 g/mol. The zero-order valence-corrected chi connectivity index (χ0v) is 8.45. The quantitative estimate of drug-likeness (QED) is 0.671. The van der Waals surface area contributed by atoms with Crippen molar-refractivity contribution in [3.8, 4) is 0 Å². The van der Waals surface area contributed by atoms with E-state index in [-0.39, 0.29) is 5.56 Å². The van der Waals surface area contributed by atoms with Crippen molar-refractivity contribution in [2.45, 2.75) is 20.4 Å². The lowest BCUT2D eigenvalue weighted by Gasteiger charge is -2.08. The van der Waals surface area contributed by atoms with E-state index in [1.54, 1.807) is 10.6 Å². The van der Waals surface area contributed by atoms with E-state index in [0.717, 1.165) is 23.0 Å². The molecule has 0 bridgehead atoms. The van der Waals surface area contributed by atoms with Crippen LogP contribution in [-0.4, -0.2) is 4.57 Å². The summed E-state index contributed by atoms with van der Waals surface area (Å²) < 4.78 is 1.79. The van der Waals surface area contributed by atoms with Gasteiger partial charge < -0.3 is 4.57 Å². The summed E-state index contributed by atoms with van der Waals surface area (Å²) in [7, 11) is 0. The SMILES string of the molecule is CCn1c(=O)cc(C)c2ccccc21. The van der Waals surface area contributed by atoms with Crippen LogP contribution in [0.5, 0.6) is 0 Å². The Morgan fingerprint density at radius 2 is 2.00 bits per heavy atom. The highest BCUT2D eigenvalue weighted by atomic mass is 16.1. The molecule has 1 heterocycles. The van der Waals surface area contributed by atoms with E-state index in [4.69, 9.17) is 0 Å². The van der Waals surface area contributed by atoms with Gasteiger partial charge in [-0.3, -0.25) is 4.79 Å². The smallest absolute Gasteiger partial charge is 0.251 e. The summed E-state index contributed by atoms with van der Waals surface area (Å²) in [5.74, 6) is 0. The van der Waals surface area contributed by atoms with Crippen LogP contribution in [0.1, 0.15) is 12.5 Å². The second-order valence-corrected chi connectivity index (χ2v) is 3.43. The van der Waals surface area contributed by atoms with Crippen molar-refractivity contribution in [1.29, 1.82) is 0 Å². The molecular formula is C12H13NO. The Bertz CT molecular complexity index is 525. The summed E-state index contributed by atoms with van der Waals surface area (Å²) in [5.41, 5.74) is 2.17. The molecule has 0 aliphatic rings. The third kappa shape index (κ3) is 1.23. The maximum atomic E-state index is 11.6. The lowest BCUT2D eigenvalue weighted by Crippen LogP contribution is -2.18. The molecule has 14 heavy (non-hydrogen) atoms. The average molecular weight is 187 g/mol. The Morgan fingerprint density at radius 1 is 1.29 bits per heavy atom. The fourth-order valence-electron chi connectivity index (χ4n) is 1.83. The van der Waals surface area contributed by atoms with Crippen LogP contribution in [-0.2, 0) is 6.54 Å². The van der Waals surface area contributed by atoms with Crippen LogP contribution in [0.15, 0.2) is 35.1 Å². The zero-order chi connectivity index (χ0) is 10.1. The second kappa shape index (κ2) is 3.29. The van der Waals surface area contributed by atoms with Gasteiger partial charge in [0.05, 0.1) is 5.52 Å². The average Bonchev–Trinajstić information content (AvgIpc) is 2.18. The van der Waals surface area contributed by atoms with Gasteiger partial charge in [-0.2, -0.15) is 0 Å². The van der Waals surface area contributed by atoms with Crippen LogP contribution < -0.4 is 5.56 Å². The van der Waals surface area contributed by atoms with Gasteiger partial charge in [-0.25, -0.2) is 0 Å². The molecule has 0 aliphatic heterocycles. The van der Waals surface area contributed by atoms with Crippen molar-refractivity contribution >= 4 is 10.9 Å². The topological polar surface area (TPSA) is 22.0 Å². The van der Waals surface area contributed by atoms with E-state index in [9.17, 15) is 4.79 Å². The van der Waals surface area contributed by atoms with E-state index in [0.29, 0.717) is 0 Å². The van der Waals surface area contributed by atoms with Crippen molar-refractivity contribution in [1.82, 2.24) is 4.57 Å². The van der Waals surface area contributed by atoms with Crippen molar-refractivity contribution in [2.75, 3.05) is 0 Å². The lowest BCUT2D eigenvalue weighted by atomic mass is 10.1. The van der Waals surface area contributed by atoms with E-state index >= 15 is 0 Å². The molecule has 0 amide bonds. The Balaban J connectivity index is 2.98. The summed E-state index contributed by atoms with van der Waals surface area (Å²) in [4.78, 5) is 11.6. The van der Waals surface area contributed by atoms with Crippen LogP contribution in [0, 0.1) is 6.92 Å². The fourth-order valence-corrected chi connectivity index (χ4v) is 1.83. The highest BCUT2D eigenvalue weighted by Crippen LogP contribution is 2.15. The van der Waals surface area contributed by atoms with E-state index in [1.165, 1.54) is 0 Å². The Kier molecular flexibility index (Phi) is 2.12. The number of nitrogens with zero attached hydrogens (tertiary/aromatic N) is 1. The van der Waals surface area contributed by atoms with Crippen LogP contribution in [0.3, 0.4) is 0 Å². The molecule has 0 saturated heterocycles. The van der Waals surface area contributed by atoms with Crippen molar-refractivity contribution in [3.05, 3.63) is 46.2 Å². The predicted octanol–water partition coefficient (Wildman–Crippen LogP) is 2.33. The monoisotopic (exact) mass is 187 g/mol. The minimum atomic E-state index is 0.0868. The Hall–Kier alpha value is -1.57. The first-order valence-corrected chi connectivity index (χ1v) is 4.83. The first-order valence-electron chi connectivity index (χ1n) is 4.83. The second-order valence-electron chi connectivity index (χ2n) is 3.43. The van der Waals surface area contributed by atoms with Gasteiger partial charge >= 0.3 is 0 Å². The number of hydrogen-bond acceptors (Lipinski definition) is 1. The molecule has 2 heteroatoms. The number of fused-ring (bicyclic) bond motifs is 1. The molecule has 0 unspecified atom stereocenters. The highest BCUT2D eigenvalue weighted by molar-refractivity contribution is 5.82. The maximum absolute atomic E-state index is 11.6. The summed E-state index contributed by atoms with van der Waals surface area (Å²) in [5, 5.41) is 1.16. The molecule has 0 aliphatic carbocycles. The molecule has 0 radical (unpaired) electrons. The number of aryl methyl sites for hydroxylation is 2. The van der Waals surface area contributed by atoms with Gasteiger partial charge in [0, 0.05) is 18.0 Å². The van der Waals surface area contributed by atoms with Crippen LogP contribution in [0.2, 0.25) is 0 Å². The molecule has 72 valence electrons. The van der Waals surface area contributed by atoms with Crippen LogP contribution in [0.25, 0.3) is 10.9 Å². The van der Waals surface area contributed by atoms with Gasteiger partial charge in [-0.15, -0.1) is 0 Å². The normalized spacial score (nSPS) is 10.7. The lowest BCUT2D eigenvalue weighted by molar-refractivity contribution is 0.758. The van der Waals surface area contributed by atoms with Gasteiger partial charge in [-0.05, 0) is 25.5 Å². The van der Waals surface area contributed by atoms with Crippen LogP contribution >= 0.6 is 0 Å². The molecule has 0 saturated carbocycles.